The molecule has 0 N–H and O–H groups in total. The van der Waals surface area contributed by atoms with E-state index in [1.807, 2.05) is 31.2 Å². The molecule has 0 aliphatic rings. The van der Waals surface area contributed by atoms with Crippen LogP contribution < -0.4 is 4.74 Å². The summed E-state index contributed by atoms with van der Waals surface area (Å²) in [6, 6.07) is 14.7. The predicted molar refractivity (Wildman–Crippen MR) is 104 cm³/mol. The molecule has 3 rings (SSSR count). The Morgan fingerprint density at radius 1 is 1.07 bits per heavy atom. The molecule has 1 heterocycles. The number of carbonyl (C=O) groups excluding carboxylic acids is 1. The van der Waals surface area contributed by atoms with Crippen LogP contribution in [0.2, 0.25) is 5.02 Å². The Balaban J connectivity index is 1.71. The third kappa shape index (κ3) is 4.56. The van der Waals surface area contributed by atoms with E-state index in [1.54, 1.807) is 31.4 Å². The van der Waals surface area contributed by atoms with Crippen LogP contribution in [0.15, 0.2) is 48.5 Å². The van der Waals surface area contributed by atoms with E-state index in [-0.39, 0.29) is 19.8 Å². The second-order valence-corrected chi connectivity index (χ2v) is 6.38. The molecule has 0 fully saturated rings. The summed E-state index contributed by atoms with van der Waals surface area (Å²) in [5.41, 5.74) is 2.67. The summed E-state index contributed by atoms with van der Waals surface area (Å²) < 4.78 is 16.2. The zero-order valence-corrected chi connectivity index (χ0v) is 16.0. The number of nitrogens with zero attached hydrogens (tertiary/aromatic N) is 1. The number of aromatic nitrogens is 1. The predicted octanol–water partition coefficient (Wildman–Crippen LogP) is 4.58. The molecule has 0 bridgehead atoms. The van der Waals surface area contributed by atoms with Crippen molar-refractivity contribution in [1.82, 2.24) is 4.98 Å². The van der Waals surface area contributed by atoms with Gasteiger partial charge >= 0.3 is 5.97 Å². The molecule has 0 amide bonds. The summed E-state index contributed by atoms with van der Waals surface area (Å²) in [7, 11) is 1.57. The average molecular weight is 386 g/mol. The molecule has 0 unspecified atom stereocenters. The van der Waals surface area contributed by atoms with Gasteiger partial charge in [0.05, 0.1) is 23.4 Å². The minimum Gasteiger partial charge on any atom is -0.490 e. The summed E-state index contributed by atoms with van der Waals surface area (Å²) in [6.07, 6.45) is 0. The molecule has 1 aromatic heterocycles. The minimum atomic E-state index is -0.433. The molecule has 0 atom stereocenters. The van der Waals surface area contributed by atoms with E-state index in [9.17, 15) is 4.79 Å². The van der Waals surface area contributed by atoms with Crippen molar-refractivity contribution >= 4 is 28.5 Å². The topological polar surface area (TPSA) is 57.7 Å². The molecular weight excluding hydrogens is 366 g/mol. The Hall–Kier alpha value is -2.63. The summed E-state index contributed by atoms with van der Waals surface area (Å²) in [5, 5.41) is 1.56. The van der Waals surface area contributed by atoms with Gasteiger partial charge in [-0.15, -0.1) is 0 Å². The molecule has 0 saturated carbocycles. The van der Waals surface area contributed by atoms with Crippen molar-refractivity contribution in [2.24, 2.45) is 0 Å². The highest BCUT2D eigenvalue weighted by molar-refractivity contribution is 6.30. The normalized spacial score (nSPS) is 10.8. The zero-order valence-electron chi connectivity index (χ0n) is 15.2. The third-order valence-electron chi connectivity index (χ3n) is 4.11. The molecule has 27 heavy (non-hydrogen) atoms. The number of benzene rings is 2. The van der Waals surface area contributed by atoms with Crippen LogP contribution in [-0.2, 0) is 16.1 Å². The van der Waals surface area contributed by atoms with E-state index in [2.05, 4.69) is 4.98 Å². The van der Waals surface area contributed by atoms with E-state index in [1.165, 1.54) is 0 Å². The SMILES string of the molecule is COCc1nc2ccccc2c(C)c1C(=O)OCCOc1ccc(Cl)cc1. The monoisotopic (exact) mass is 385 g/mol. The lowest BCUT2D eigenvalue weighted by atomic mass is 10.0. The molecule has 0 spiro atoms. The van der Waals surface area contributed by atoms with Crippen molar-refractivity contribution in [1.29, 1.82) is 0 Å². The van der Waals surface area contributed by atoms with Crippen LogP contribution in [0, 0.1) is 6.92 Å². The van der Waals surface area contributed by atoms with Gasteiger partial charge in [-0.25, -0.2) is 9.78 Å². The molecule has 0 aliphatic carbocycles. The first-order chi connectivity index (χ1) is 13.1. The van der Waals surface area contributed by atoms with Gasteiger partial charge in [0.2, 0.25) is 0 Å². The largest absolute Gasteiger partial charge is 0.490 e. The molecule has 140 valence electrons. The standard InChI is InChI=1S/C21H20ClNO4/c1-14-17-5-3-4-6-18(17)23-19(13-25-2)20(14)21(24)27-12-11-26-16-9-7-15(22)8-10-16/h3-10H,11-13H2,1-2H3. The van der Waals surface area contributed by atoms with Crippen molar-refractivity contribution in [3.63, 3.8) is 0 Å². The van der Waals surface area contributed by atoms with E-state index in [0.717, 1.165) is 16.5 Å². The quantitative estimate of drug-likeness (QED) is 0.440. The Bertz CT molecular complexity index is 941. The smallest absolute Gasteiger partial charge is 0.340 e. The Morgan fingerprint density at radius 3 is 2.56 bits per heavy atom. The van der Waals surface area contributed by atoms with Crippen LogP contribution in [0.25, 0.3) is 10.9 Å². The highest BCUT2D eigenvalue weighted by Gasteiger charge is 2.20. The zero-order chi connectivity index (χ0) is 19.2. The number of halogens is 1. The van der Waals surface area contributed by atoms with Gasteiger partial charge in [0.1, 0.15) is 19.0 Å². The van der Waals surface area contributed by atoms with Crippen molar-refractivity contribution in [2.75, 3.05) is 20.3 Å². The van der Waals surface area contributed by atoms with Crippen molar-refractivity contribution < 1.29 is 19.0 Å². The lowest BCUT2D eigenvalue weighted by molar-refractivity contribution is 0.0444. The Kier molecular flexibility index (Phi) is 6.27. The van der Waals surface area contributed by atoms with Gasteiger partial charge in [-0.05, 0) is 42.8 Å². The maximum Gasteiger partial charge on any atom is 0.340 e. The molecule has 5 nitrogen and oxygen atoms in total. The van der Waals surface area contributed by atoms with Gasteiger partial charge in [-0.2, -0.15) is 0 Å². The number of ether oxygens (including phenoxy) is 3. The van der Waals surface area contributed by atoms with Crippen LogP contribution >= 0.6 is 11.6 Å². The van der Waals surface area contributed by atoms with E-state index in [4.69, 9.17) is 25.8 Å². The van der Waals surface area contributed by atoms with E-state index >= 15 is 0 Å². The first-order valence-electron chi connectivity index (χ1n) is 8.53. The van der Waals surface area contributed by atoms with Crippen molar-refractivity contribution in [3.8, 4) is 5.75 Å². The number of pyridine rings is 1. The fraction of sp³-hybridized carbons (Fsp3) is 0.238. The van der Waals surface area contributed by atoms with Gasteiger partial charge in [0.25, 0.3) is 0 Å². The molecule has 0 saturated heterocycles. The number of methoxy groups -OCH3 is 1. The fourth-order valence-electron chi connectivity index (χ4n) is 2.85. The maximum absolute atomic E-state index is 12.7. The lowest BCUT2D eigenvalue weighted by Crippen LogP contribution is -2.16. The molecule has 6 heteroatoms. The third-order valence-corrected chi connectivity index (χ3v) is 4.36. The minimum absolute atomic E-state index is 0.125. The van der Waals surface area contributed by atoms with E-state index < -0.39 is 5.97 Å². The number of hydrogen-bond donors (Lipinski definition) is 0. The molecule has 0 radical (unpaired) electrons. The lowest BCUT2D eigenvalue weighted by Gasteiger charge is -2.14. The maximum atomic E-state index is 12.7. The first-order valence-corrected chi connectivity index (χ1v) is 8.90. The number of esters is 1. The molecule has 2 aromatic carbocycles. The highest BCUT2D eigenvalue weighted by atomic mass is 35.5. The molecular formula is C21H20ClNO4. The second kappa shape index (κ2) is 8.84. The van der Waals surface area contributed by atoms with Crippen molar-refractivity contribution in [2.45, 2.75) is 13.5 Å². The molecule has 3 aromatic rings. The Labute approximate surface area is 162 Å². The number of hydrogen-bond acceptors (Lipinski definition) is 5. The van der Waals surface area contributed by atoms with Crippen LogP contribution in [0.3, 0.4) is 0 Å². The average Bonchev–Trinajstić information content (AvgIpc) is 2.67. The highest BCUT2D eigenvalue weighted by Crippen LogP contribution is 2.24. The summed E-state index contributed by atoms with van der Waals surface area (Å²) >= 11 is 5.84. The van der Waals surface area contributed by atoms with Gasteiger partial charge in [0, 0.05) is 17.5 Å². The summed E-state index contributed by atoms with van der Waals surface area (Å²) in [6.45, 7) is 2.49. The van der Waals surface area contributed by atoms with Gasteiger partial charge < -0.3 is 14.2 Å². The number of aryl methyl sites for hydroxylation is 1. The first kappa shape index (κ1) is 19.1. The number of rotatable bonds is 7. The second-order valence-electron chi connectivity index (χ2n) is 5.95. The van der Waals surface area contributed by atoms with Crippen molar-refractivity contribution in [3.05, 3.63) is 70.4 Å². The summed E-state index contributed by atoms with van der Waals surface area (Å²) in [4.78, 5) is 17.2. The van der Waals surface area contributed by atoms with Gasteiger partial charge in [0.15, 0.2) is 0 Å². The van der Waals surface area contributed by atoms with Crippen LogP contribution in [0.4, 0.5) is 0 Å². The number of fused-ring (bicyclic) bond motifs is 1. The van der Waals surface area contributed by atoms with Crippen LogP contribution in [-0.4, -0.2) is 31.3 Å². The number of para-hydroxylation sites is 1. The van der Waals surface area contributed by atoms with Gasteiger partial charge in [-0.3, -0.25) is 0 Å². The number of carbonyl (C=O) groups is 1. The van der Waals surface area contributed by atoms with E-state index in [0.29, 0.717) is 22.0 Å². The van der Waals surface area contributed by atoms with Gasteiger partial charge in [-0.1, -0.05) is 29.8 Å². The van der Waals surface area contributed by atoms with Crippen LogP contribution in [0.1, 0.15) is 21.6 Å². The fourth-order valence-corrected chi connectivity index (χ4v) is 2.98. The summed E-state index contributed by atoms with van der Waals surface area (Å²) in [5.74, 6) is 0.233. The van der Waals surface area contributed by atoms with Crippen LogP contribution in [0.5, 0.6) is 5.75 Å². The Morgan fingerprint density at radius 2 is 1.81 bits per heavy atom. The molecule has 0 aliphatic heterocycles.